The van der Waals surface area contributed by atoms with Crippen molar-refractivity contribution in [2.24, 2.45) is 0 Å². The maximum atomic E-state index is 12.5. The molecule has 0 aliphatic carbocycles. The van der Waals surface area contributed by atoms with Crippen molar-refractivity contribution >= 4 is 0 Å². The number of alkyl halides is 4. The molecule has 0 aromatic carbocycles. The molecule has 0 aliphatic rings. The molecular weight excluding hydrogens is 244 g/mol. The standard InChI is InChI=1S/C9H6F4N2O2/c10-4-6-8(17-9(11,12)13)7(16)3-5(15-6)1-2-14/h3H,1,4H2,(H,15,16). The van der Waals surface area contributed by atoms with E-state index in [1.54, 1.807) is 6.07 Å². The second kappa shape index (κ2) is 4.86. The van der Waals surface area contributed by atoms with E-state index in [9.17, 15) is 22.4 Å². The van der Waals surface area contributed by atoms with Crippen molar-refractivity contribution in [3.05, 3.63) is 27.7 Å². The molecule has 92 valence electrons. The summed E-state index contributed by atoms with van der Waals surface area (Å²) in [7, 11) is 0. The van der Waals surface area contributed by atoms with Crippen LogP contribution < -0.4 is 10.2 Å². The minimum Gasteiger partial charge on any atom is -0.400 e. The van der Waals surface area contributed by atoms with Gasteiger partial charge >= 0.3 is 6.36 Å². The second-order valence-electron chi connectivity index (χ2n) is 2.98. The van der Waals surface area contributed by atoms with Gasteiger partial charge in [-0.2, -0.15) is 5.26 Å². The minimum absolute atomic E-state index is 0.0275. The summed E-state index contributed by atoms with van der Waals surface area (Å²) in [5, 5.41) is 8.35. The van der Waals surface area contributed by atoms with Crippen LogP contribution in [0.5, 0.6) is 5.75 Å². The molecule has 0 saturated carbocycles. The largest absolute Gasteiger partial charge is 0.573 e. The summed E-state index contributed by atoms with van der Waals surface area (Å²) in [5.41, 5.74) is -1.74. The molecule has 4 nitrogen and oxygen atoms in total. The average Bonchev–Trinajstić information content (AvgIpc) is 2.20. The molecule has 0 saturated heterocycles. The molecule has 0 aliphatic heterocycles. The minimum atomic E-state index is -5.08. The number of rotatable bonds is 3. The molecular formula is C9H6F4N2O2. The molecule has 0 radical (unpaired) electrons. The predicted molar refractivity (Wildman–Crippen MR) is 47.9 cm³/mol. The quantitative estimate of drug-likeness (QED) is 0.832. The molecule has 1 rings (SSSR count). The Morgan fingerprint density at radius 1 is 1.47 bits per heavy atom. The van der Waals surface area contributed by atoms with E-state index >= 15 is 0 Å². The van der Waals surface area contributed by atoms with E-state index in [4.69, 9.17) is 5.26 Å². The SMILES string of the molecule is N#CCc1cc(=O)c(OC(F)(F)F)c(CF)[nH]1. The number of pyridine rings is 1. The van der Waals surface area contributed by atoms with Gasteiger partial charge in [0.05, 0.1) is 18.2 Å². The normalized spacial score (nSPS) is 11.0. The number of nitrogens with one attached hydrogen (secondary N) is 1. The van der Waals surface area contributed by atoms with E-state index in [1.165, 1.54) is 0 Å². The van der Waals surface area contributed by atoms with Crippen molar-refractivity contribution in [2.75, 3.05) is 0 Å². The van der Waals surface area contributed by atoms with E-state index in [0.717, 1.165) is 6.07 Å². The van der Waals surface area contributed by atoms with Crippen molar-refractivity contribution in [3.8, 4) is 11.8 Å². The number of hydrogen-bond donors (Lipinski definition) is 1. The van der Waals surface area contributed by atoms with Crippen molar-refractivity contribution in [1.82, 2.24) is 4.98 Å². The van der Waals surface area contributed by atoms with Gasteiger partial charge in [-0.25, -0.2) is 4.39 Å². The van der Waals surface area contributed by atoms with Crippen LogP contribution in [0.2, 0.25) is 0 Å². The van der Waals surface area contributed by atoms with Crippen LogP contribution in [0.1, 0.15) is 11.4 Å². The molecule has 8 heteroatoms. The Hall–Kier alpha value is -2.04. The third-order valence-electron chi connectivity index (χ3n) is 1.74. The van der Waals surface area contributed by atoms with Gasteiger partial charge in [-0.3, -0.25) is 4.79 Å². The number of aromatic amines is 1. The van der Waals surface area contributed by atoms with Crippen LogP contribution in [0.4, 0.5) is 17.6 Å². The topological polar surface area (TPSA) is 65.9 Å². The molecule has 0 spiro atoms. The number of nitriles is 1. The fourth-order valence-electron chi connectivity index (χ4n) is 1.16. The zero-order valence-corrected chi connectivity index (χ0v) is 8.27. The van der Waals surface area contributed by atoms with Crippen LogP contribution in [0.3, 0.4) is 0 Å². The first-order valence-electron chi connectivity index (χ1n) is 4.31. The third kappa shape index (κ3) is 3.48. The Balaban J connectivity index is 3.23. The summed E-state index contributed by atoms with van der Waals surface area (Å²) >= 11 is 0. The zero-order valence-electron chi connectivity index (χ0n) is 8.27. The van der Waals surface area contributed by atoms with Gasteiger partial charge in [0, 0.05) is 11.8 Å². The average molecular weight is 250 g/mol. The fourth-order valence-corrected chi connectivity index (χ4v) is 1.16. The highest BCUT2D eigenvalue weighted by Gasteiger charge is 2.33. The van der Waals surface area contributed by atoms with E-state index in [0.29, 0.717) is 0 Å². The van der Waals surface area contributed by atoms with E-state index in [1.807, 2.05) is 0 Å². The fraction of sp³-hybridized carbons (Fsp3) is 0.333. The maximum absolute atomic E-state index is 12.5. The zero-order chi connectivity index (χ0) is 13.1. The molecule has 0 bridgehead atoms. The summed E-state index contributed by atoms with van der Waals surface area (Å²) in [6.45, 7) is -1.33. The predicted octanol–water partition coefficient (Wildman–Crippen LogP) is 1.81. The smallest absolute Gasteiger partial charge is 0.400 e. The Labute approximate surface area is 92.4 Å². The van der Waals surface area contributed by atoms with Gasteiger partial charge in [-0.05, 0) is 0 Å². The van der Waals surface area contributed by atoms with E-state index in [2.05, 4.69) is 9.72 Å². The van der Waals surface area contributed by atoms with Crippen LogP contribution in [-0.2, 0) is 13.1 Å². The Morgan fingerprint density at radius 2 is 2.12 bits per heavy atom. The van der Waals surface area contributed by atoms with Gasteiger partial charge in [0.1, 0.15) is 6.67 Å². The molecule has 0 amide bonds. The van der Waals surface area contributed by atoms with Crippen molar-refractivity contribution in [1.29, 1.82) is 5.26 Å². The monoisotopic (exact) mass is 250 g/mol. The molecule has 1 aromatic heterocycles. The van der Waals surface area contributed by atoms with Crippen LogP contribution in [0.15, 0.2) is 10.9 Å². The second-order valence-corrected chi connectivity index (χ2v) is 2.98. The Kier molecular flexibility index (Phi) is 3.73. The summed E-state index contributed by atoms with van der Waals surface area (Å²) in [5.74, 6) is -1.14. The molecule has 1 N–H and O–H groups in total. The lowest BCUT2D eigenvalue weighted by Crippen LogP contribution is -2.23. The van der Waals surface area contributed by atoms with E-state index in [-0.39, 0.29) is 12.1 Å². The first-order chi connectivity index (χ1) is 7.87. The number of halogens is 4. The van der Waals surface area contributed by atoms with Gasteiger partial charge in [-0.1, -0.05) is 0 Å². The van der Waals surface area contributed by atoms with Crippen LogP contribution in [-0.4, -0.2) is 11.3 Å². The van der Waals surface area contributed by atoms with Crippen molar-refractivity contribution in [3.63, 3.8) is 0 Å². The number of nitrogens with zero attached hydrogens (tertiary/aromatic N) is 1. The van der Waals surface area contributed by atoms with Crippen molar-refractivity contribution < 1.29 is 22.3 Å². The lowest BCUT2D eigenvalue weighted by Gasteiger charge is -2.11. The van der Waals surface area contributed by atoms with Gasteiger partial charge in [-0.15, -0.1) is 13.2 Å². The lowest BCUT2D eigenvalue weighted by atomic mass is 10.2. The Morgan fingerprint density at radius 3 is 2.59 bits per heavy atom. The molecule has 0 unspecified atom stereocenters. The van der Waals surface area contributed by atoms with Gasteiger partial charge < -0.3 is 9.72 Å². The molecule has 0 fully saturated rings. The number of ether oxygens (including phenoxy) is 1. The van der Waals surface area contributed by atoms with Crippen molar-refractivity contribution in [2.45, 2.75) is 19.5 Å². The highest BCUT2D eigenvalue weighted by molar-refractivity contribution is 5.30. The summed E-state index contributed by atoms with van der Waals surface area (Å²) in [4.78, 5) is 13.5. The number of aromatic nitrogens is 1. The van der Waals surface area contributed by atoms with Gasteiger partial charge in [0.15, 0.2) is 5.75 Å². The van der Waals surface area contributed by atoms with Crippen LogP contribution >= 0.6 is 0 Å². The summed E-state index contributed by atoms with van der Waals surface area (Å²) in [6.07, 6.45) is -5.32. The first kappa shape index (κ1) is 13.0. The summed E-state index contributed by atoms with van der Waals surface area (Å²) < 4.78 is 51.7. The Bertz CT molecular complexity index is 501. The van der Waals surface area contributed by atoms with E-state index < -0.39 is 29.9 Å². The molecule has 17 heavy (non-hydrogen) atoms. The number of hydrogen-bond acceptors (Lipinski definition) is 3. The maximum Gasteiger partial charge on any atom is 0.573 e. The highest BCUT2D eigenvalue weighted by Crippen LogP contribution is 2.23. The van der Waals surface area contributed by atoms with Crippen LogP contribution in [0, 0.1) is 11.3 Å². The molecule has 1 aromatic rings. The molecule has 0 atom stereocenters. The number of H-pyrrole nitrogens is 1. The van der Waals surface area contributed by atoms with Gasteiger partial charge in [0.2, 0.25) is 5.43 Å². The van der Waals surface area contributed by atoms with Gasteiger partial charge in [0.25, 0.3) is 0 Å². The van der Waals surface area contributed by atoms with Crippen LogP contribution in [0.25, 0.3) is 0 Å². The lowest BCUT2D eigenvalue weighted by molar-refractivity contribution is -0.275. The summed E-state index contributed by atoms with van der Waals surface area (Å²) in [6, 6.07) is 2.44. The highest BCUT2D eigenvalue weighted by atomic mass is 19.4. The molecule has 1 heterocycles. The third-order valence-corrected chi connectivity index (χ3v) is 1.74. The first-order valence-corrected chi connectivity index (χ1v) is 4.31.